The van der Waals surface area contributed by atoms with Crippen LogP contribution >= 0.6 is 11.3 Å². The highest BCUT2D eigenvalue weighted by Crippen LogP contribution is 2.32. The topological polar surface area (TPSA) is 89.5 Å². The average molecular weight is 472 g/mol. The van der Waals surface area contributed by atoms with E-state index in [9.17, 15) is 9.59 Å². The van der Waals surface area contributed by atoms with Crippen LogP contribution < -0.4 is 14.9 Å². The van der Waals surface area contributed by atoms with Crippen molar-refractivity contribution in [1.82, 2.24) is 10.3 Å². The van der Waals surface area contributed by atoms with Gasteiger partial charge in [-0.05, 0) is 60.6 Å². The van der Waals surface area contributed by atoms with Gasteiger partial charge in [-0.2, -0.15) is 5.10 Å². The summed E-state index contributed by atoms with van der Waals surface area (Å²) in [7, 11) is 1.54. The van der Waals surface area contributed by atoms with E-state index in [0.29, 0.717) is 48.6 Å². The smallest absolute Gasteiger partial charge is 0.281 e. The van der Waals surface area contributed by atoms with E-state index < -0.39 is 0 Å². The number of carbonyl (C=O) groups is 2. The molecule has 4 rings (SSSR count). The Morgan fingerprint density at radius 3 is 2.88 bits per heavy atom. The predicted molar refractivity (Wildman–Crippen MR) is 126 cm³/mol. The Bertz CT molecular complexity index is 1030. The molecule has 2 heterocycles. The molecule has 0 spiro atoms. The molecule has 0 saturated carbocycles. The van der Waals surface area contributed by atoms with E-state index in [0.717, 1.165) is 18.4 Å². The minimum absolute atomic E-state index is 0.0661. The lowest BCUT2D eigenvalue weighted by Crippen LogP contribution is -2.43. The molecule has 0 radical (unpaired) electrons. The van der Waals surface area contributed by atoms with Gasteiger partial charge in [0.15, 0.2) is 18.1 Å². The van der Waals surface area contributed by atoms with E-state index in [1.165, 1.54) is 24.0 Å². The number of aryl methyl sites for hydroxylation is 1. The average Bonchev–Trinajstić information content (AvgIpc) is 3.26. The van der Waals surface area contributed by atoms with Crippen LogP contribution in [0.5, 0.6) is 11.5 Å². The lowest BCUT2D eigenvalue weighted by Gasteiger charge is -2.26. The minimum atomic E-state index is -0.202. The van der Waals surface area contributed by atoms with Gasteiger partial charge in [-0.3, -0.25) is 9.59 Å². The van der Waals surface area contributed by atoms with Crippen LogP contribution in [0.3, 0.4) is 0 Å². The zero-order valence-electron chi connectivity index (χ0n) is 19.0. The van der Waals surface area contributed by atoms with Crippen LogP contribution in [0.4, 0.5) is 0 Å². The number of nitrogens with zero attached hydrogens (tertiary/aromatic N) is 2. The third kappa shape index (κ3) is 5.91. The SMILES string of the molecule is COc1cc(/C=N/NC(=O)c2cc3c(s2)CCC(C)C3)ccc1OCC(=O)N1CCOCC1. The summed E-state index contributed by atoms with van der Waals surface area (Å²) in [6.45, 7) is 4.43. The minimum Gasteiger partial charge on any atom is -0.493 e. The number of carbonyl (C=O) groups excluding carboxylic acids is 2. The Kier molecular flexibility index (Phi) is 7.61. The summed E-state index contributed by atoms with van der Waals surface area (Å²) < 4.78 is 16.3. The number of morpholine rings is 1. The fourth-order valence-corrected chi connectivity index (χ4v) is 5.06. The van der Waals surface area contributed by atoms with E-state index in [4.69, 9.17) is 14.2 Å². The van der Waals surface area contributed by atoms with Crippen LogP contribution in [0.2, 0.25) is 0 Å². The van der Waals surface area contributed by atoms with Gasteiger partial charge < -0.3 is 19.1 Å². The van der Waals surface area contributed by atoms with Gasteiger partial charge >= 0.3 is 0 Å². The summed E-state index contributed by atoms with van der Waals surface area (Å²) in [5.41, 5.74) is 4.63. The molecule has 176 valence electrons. The Morgan fingerprint density at radius 1 is 1.27 bits per heavy atom. The molecule has 1 N–H and O–H groups in total. The van der Waals surface area contributed by atoms with Crippen molar-refractivity contribution in [3.63, 3.8) is 0 Å². The molecule has 1 unspecified atom stereocenters. The molecule has 1 saturated heterocycles. The number of benzene rings is 1. The van der Waals surface area contributed by atoms with Crippen molar-refractivity contribution in [3.8, 4) is 11.5 Å². The van der Waals surface area contributed by atoms with Gasteiger partial charge in [0.25, 0.3) is 11.8 Å². The second-order valence-corrected chi connectivity index (χ2v) is 9.44. The Balaban J connectivity index is 1.32. The molecule has 2 aromatic rings. The summed E-state index contributed by atoms with van der Waals surface area (Å²) in [6, 6.07) is 7.25. The van der Waals surface area contributed by atoms with Gasteiger partial charge in [0.1, 0.15) is 0 Å². The van der Waals surface area contributed by atoms with Crippen LogP contribution in [0, 0.1) is 5.92 Å². The van der Waals surface area contributed by atoms with Crippen molar-refractivity contribution >= 4 is 29.4 Å². The Labute approximate surface area is 197 Å². The molecule has 33 heavy (non-hydrogen) atoms. The van der Waals surface area contributed by atoms with Crippen LogP contribution in [-0.4, -0.2) is 62.9 Å². The molecule has 8 nitrogen and oxygen atoms in total. The molecule has 2 aliphatic rings. The molecular formula is C24H29N3O5S. The fraction of sp³-hybridized carbons (Fsp3) is 0.458. The van der Waals surface area contributed by atoms with Crippen molar-refractivity contribution in [2.75, 3.05) is 40.0 Å². The van der Waals surface area contributed by atoms with E-state index in [1.54, 1.807) is 40.7 Å². The summed E-state index contributed by atoms with van der Waals surface area (Å²) in [5, 5.41) is 4.09. The Morgan fingerprint density at radius 2 is 2.09 bits per heavy atom. The van der Waals surface area contributed by atoms with Gasteiger partial charge in [0.2, 0.25) is 0 Å². The zero-order valence-corrected chi connectivity index (χ0v) is 19.8. The second-order valence-electron chi connectivity index (χ2n) is 8.30. The van der Waals surface area contributed by atoms with Crippen LogP contribution in [0.1, 0.15) is 39.0 Å². The molecule has 2 amide bonds. The summed E-state index contributed by atoms with van der Waals surface area (Å²) in [6.07, 6.45) is 4.81. The van der Waals surface area contributed by atoms with E-state index in [-0.39, 0.29) is 18.4 Å². The predicted octanol–water partition coefficient (Wildman–Crippen LogP) is 2.88. The highest BCUT2D eigenvalue weighted by molar-refractivity contribution is 7.14. The molecule has 1 aromatic heterocycles. The maximum atomic E-state index is 12.5. The molecule has 0 bridgehead atoms. The van der Waals surface area contributed by atoms with Crippen molar-refractivity contribution in [2.24, 2.45) is 11.0 Å². The zero-order chi connectivity index (χ0) is 23.2. The summed E-state index contributed by atoms with van der Waals surface area (Å²) in [5.74, 6) is 1.34. The highest BCUT2D eigenvalue weighted by atomic mass is 32.1. The normalized spacial score (nSPS) is 18.1. The number of nitrogens with one attached hydrogen (secondary N) is 1. The Hall–Kier alpha value is -2.91. The molecular weight excluding hydrogens is 442 g/mol. The lowest BCUT2D eigenvalue weighted by molar-refractivity contribution is -0.137. The van der Waals surface area contributed by atoms with Gasteiger partial charge in [0, 0.05) is 18.0 Å². The molecule has 1 atom stereocenters. The summed E-state index contributed by atoms with van der Waals surface area (Å²) >= 11 is 1.56. The van der Waals surface area contributed by atoms with Crippen LogP contribution in [-0.2, 0) is 22.4 Å². The standard InChI is InChI=1S/C24H29N3O5S/c1-16-3-6-21-18(11-16)13-22(33-21)24(29)26-25-14-17-4-5-19(20(12-17)30-2)32-15-23(28)27-7-9-31-10-8-27/h4-5,12-14,16H,3,6-11,15H2,1-2H3,(H,26,29)/b25-14+. The number of hydrogen-bond donors (Lipinski definition) is 1. The highest BCUT2D eigenvalue weighted by Gasteiger charge is 2.21. The first-order valence-corrected chi connectivity index (χ1v) is 12.0. The van der Waals surface area contributed by atoms with Gasteiger partial charge in [0.05, 0.1) is 31.4 Å². The second kappa shape index (κ2) is 10.8. The fourth-order valence-electron chi connectivity index (χ4n) is 3.97. The van der Waals surface area contributed by atoms with E-state index in [1.807, 2.05) is 6.07 Å². The number of rotatable bonds is 7. The van der Waals surface area contributed by atoms with E-state index >= 15 is 0 Å². The quantitative estimate of drug-likeness (QED) is 0.496. The van der Waals surface area contributed by atoms with Gasteiger partial charge in [-0.15, -0.1) is 11.3 Å². The maximum absolute atomic E-state index is 12.5. The number of thiophene rings is 1. The number of amides is 2. The third-order valence-corrected chi connectivity index (χ3v) is 7.07. The number of ether oxygens (including phenoxy) is 3. The van der Waals surface area contributed by atoms with Crippen LogP contribution in [0.15, 0.2) is 29.4 Å². The first kappa shape index (κ1) is 23.3. The maximum Gasteiger partial charge on any atom is 0.281 e. The third-order valence-electron chi connectivity index (χ3n) is 5.84. The molecule has 1 aliphatic carbocycles. The monoisotopic (exact) mass is 471 g/mol. The number of hydrazone groups is 1. The van der Waals surface area contributed by atoms with Crippen molar-refractivity contribution in [3.05, 3.63) is 45.1 Å². The van der Waals surface area contributed by atoms with Crippen molar-refractivity contribution in [2.45, 2.75) is 26.2 Å². The van der Waals surface area contributed by atoms with Crippen molar-refractivity contribution < 1.29 is 23.8 Å². The van der Waals surface area contributed by atoms with Gasteiger partial charge in [-0.1, -0.05) is 6.92 Å². The molecule has 1 fully saturated rings. The summed E-state index contributed by atoms with van der Waals surface area (Å²) in [4.78, 5) is 28.5. The largest absolute Gasteiger partial charge is 0.493 e. The number of fused-ring (bicyclic) bond motifs is 1. The van der Waals surface area contributed by atoms with Crippen LogP contribution in [0.25, 0.3) is 0 Å². The van der Waals surface area contributed by atoms with Crippen molar-refractivity contribution in [1.29, 1.82) is 0 Å². The first-order valence-electron chi connectivity index (χ1n) is 11.1. The number of methoxy groups -OCH3 is 1. The number of hydrogen-bond acceptors (Lipinski definition) is 7. The molecule has 9 heteroatoms. The molecule has 1 aromatic carbocycles. The first-order chi connectivity index (χ1) is 16.0. The molecule has 1 aliphatic heterocycles. The van der Waals surface area contributed by atoms with Gasteiger partial charge in [-0.25, -0.2) is 5.43 Å². The lowest BCUT2D eigenvalue weighted by atomic mass is 9.90. The van der Waals surface area contributed by atoms with E-state index in [2.05, 4.69) is 17.5 Å².